The Labute approximate surface area is 164 Å². The van der Waals surface area contributed by atoms with Crippen LogP contribution < -0.4 is 5.32 Å². The number of hydrogen-bond acceptors (Lipinski definition) is 6. The summed E-state index contributed by atoms with van der Waals surface area (Å²) in [6.45, 7) is 0. The first-order chi connectivity index (χ1) is 13.0. The van der Waals surface area contributed by atoms with Gasteiger partial charge in [-0.2, -0.15) is 0 Å². The summed E-state index contributed by atoms with van der Waals surface area (Å²) in [5.41, 5.74) is 1.60. The molecule has 0 fully saturated rings. The maximum Gasteiger partial charge on any atom is 0.303 e. The van der Waals surface area contributed by atoms with Crippen LogP contribution >= 0.6 is 22.9 Å². The molecule has 2 aromatic heterocycles. The Bertz CT molecular complexity index is 931. The summed E-state index contributed by atoms with van der Waals surface area (Å²) in [6, 6.07) is 10.4. The van der Waals surface area contributed by atoms with Gasteiger partial charge in [0.15, 0.2) is 0 Å². The molecule has 1 aromatic carbocycles. The number of hydrogen-bond donors (Lipinski definition) is 2. The molecule has 0 bridgehead atoms. The first-order valence-electron chi connectivity index (χ1n) is 8.02. The van der Waals surface area contributed by atoms with Crippen molar-refractivity contribution in [3.63, 3.8) is 0 Å². The van der Waals surface area contributed by atoms with Crippen molar-refractivity contribution in [2.75, 3.05) is 5.32 Å². The van der Waals surface area contributed by atoms with Crippen LogP contribution in [0.1, 0.15) is 24.3 Å². The third-order valence-electron chi connectivity index (χ3n) is 3.79. The van der Waals surface area contributed by atoms with Crippen LogP contribution in [-0.4, -0.2) is 32.2 Å². The van der Waals surface area contributed by atoms with E-state index in [1.54, 1.807) is 48.8 Å². The molecular formula is C18H15ClN4O3S. The van der Waals surface area contributed by atoms with Crippen molar-refractivity contribution in [3.8, 4) is 10.6 Å². The van der Waals surface area contributed by atoms with Crippen molar-refractivity contribution in [3.05, 3.63) is 59.4 Å². The average Bonchev–Trinajstić information content (AvgIpc) is 3.10. The van der Waals surface area contributed by atoms with E-state index in [4.69, 9.17) is 16.7 Å². The number of carbonyl (C=O) groups excluding carboxylic acids is 1. The molecule has 2 heterocycles. The molecule has 3 aromatic rings. The summed E-state index contributed by atoms with van der Waals surface area (Å²) in [5.74, 6) is -1.76. The lowest BCUT2D eigenvalue weighted by atomic mass is 9.92. The minimum atomic E-state index is -0.973. The number of aliphatic carboxylic acids is 1. The second-order valence-corrected chi connectivity index (χ2v) is 7.16. The fourth-order valence-corrected chi connectivity index (χ4v) is 3.42. The molecule has 0 radical (unpaired) electrons. The van der Waals surface area contributed by atoms with Crippen LogP contribution in [0.15, 0.2) is 48.8 Å². The third kappa shape index (κ3) is 5.32. The van der Waals surface area contributed by atoms with E-state index in [-0.39, 0.29) is 18.7 Å². The van der Waals surface area contributed by atoms with Gasteiger partial charge in [-0.1, -0.05) is 35.1 Å². The van der Waals surface area contributed by atoms with Gasteiger partial charge in [-0.25, -0.2) is 0 Å². The number of rotatable bonds is 7. The Hall–Kier alpha value is -2.84. The zero-order valence-electron chi connectivity index (χ0n) is 14.0. The second kappa shape index (κ2) is 8.70. The number of carbonyl (C=O) groups is 2. The minimum absolute atomic E-state index is 0.0120. The summed E-state index contributed by atoms with van der Waals surface area (Å²) >= 11 is 7.11. The van der Waals surface area contributed by atoms with Crippen LogP contribution in [-0.2, 0) is 9.59 Å². The highest BCUT2D eigenvalue weighted by atomic mass is 35.5. The van der Waals surface area contributed by atoms with E-state index in [1.165, 1.54) is 11.3 Å². The smallest absolute Gasteiger partial charge is 0.303 e. The summed E-state index contributed by atoms with van der Waals surface area (Å²) in [6.07, 6.45) is 3.15. The summed E-state index contributed by atoms with van der Waals surface area (Å²) in [7, 11) is 0. The van der Waals surface area contributed by atoms with Crippen LogP contribution in [0, 0.1) is 0 Å². The standard InChI is InChI=1S/C18H15ClN4O3S/c19-14-3-1-11(2-4-14)13(10-16(25)26)9-15(24)21-18-23-22-17(27-18)12-5-7-20-8-6-12/h1-8,13H,9-10H2,(H,25,26)(H,21,23,24). The van der Waals surface area contributed by atoms with Gasteiger partial charge in [0.25, 0.3) is 0 Å². The van der Waals surface area contributed by atoms with Gasteiger partial charge in [0.1, 0.15) is 5.01 Å². The van der Waals surface area contributed by atoms with Crippen molar-refractivity contribution in [1.29, 1.82) is 0 Å². The summed E-state index contributed by atoms with van der Waals surface area (Å²) in [5, 5.41) is 21.4. The average molecular weight is 403 g/mol. The summed E-state index contributed by atoms with van der Waals surface area (Å²) in [4.78, 5) is 27.5. The normalized spacial score (nSPS) is 11.7. The second-order valence-electron chi connectivity index (χ2n) is 5.75. The fraction of sp³-hybridized carbons (Fsp3) is 0.167. The van der Waals surface area contributed by atoms with E-state index < -0.39 is 11.9 Å². The highest BCUT2D eigenvalue weighted by Crippen LogP contribution is 2.28. The Morgan fingerprint density at radius 1 is 1.07 bits per heavy atom. The van der Waals surface area contributed by atoms with Gasteiger partial charge >= 0.3 is 5.97 Å². The number of pyridine rings is 1. The lowest BCUT2D eigenvalue weighted by Gasteiger charge is -2.14. The molecule has 1 unspecified atom stereocenters. The molecule has 3 rings (SSSR count). The third-order valence-corrected chi connectivity index (χ3v) is 4.93. The number of amides is 1. The molecule has 1 amide bonds. The van der Waals surface area contributed by atoms with Crippen LogP contribution in [0.5, 0.6) is 0 Å². The van der Waals surface area contributed by atoms with Crippen LogP contribution in [0.3, 0.4) is 0 Å². The Kier molecular flexibility index (Phi) is 6.10. The van der Waals surface area contributed by atoms with Crippen LogP contribution in [0.4, 0.5) is 5.13 Å². The lowest BCUT2D eigenvalue weighted by Crippen LogP contribution is -2.17. The number of anilines is 1. The van der Waals surface area contributed by atoms with Gasteiger partial charge in [-0.05, 0) is 29.8 Å². The van der Waals surface area contributed by atoms with Gasteiger partial charge in [0.05, 0.1) is 6.42 Å². The molecular weight excluding hydrogens is 388 g/mol. The molecule has 0 spiro atoms. The van der Waals surface area contributed by atoms with Gasteiger partial charge in [0.2, 0.25) is 11.0 Å². The molecule has 2 N–H and O–H groups in total. The van der Waals surface area contributed by atoms with Gasteiger partial charge in [-0.15, -0.1) is 10.2 Å². The zero-order valence-corrected chi connectivity index (χ0v) is 15.6. The number of halogens is 1. The molecule has 9 heteroatoms. The molecule has 138 valence electrons. The van der Waals surface area contributed by atoms with E-state index in [9.17, 15) is 9.59 Å². The molecule has 0 saturated carbocycles. The van der Waals surface area contributed by atoms with E-state index in [2.05, 4.69) is 20.5 Å². The molecule has 27 heavy (non-hydrogen) atoms. The van der Waals surface area contributed by atoms with Gasteiger partial charge in [0, 0.05) is 35.3 Å². The SMILES string of the molecule is O=C(O)CC(CC(=O)Nc1nnc(-c2ccncc2)s1)c1ccc(Cl)cc1. The maximum atomic E-state index is 12.4. The lowest BCUT2D eigenvalue weighted by molar-refractivity contribution is -0.137. The maximum absolute atomic E-state index is 12.4. The number of nitrogens with one attached hydrogen (secondary N) is 1. The number of benzene rings is 1. The molecule has 0 aliphatic carbocycles. The van der Waals surface area contributed by atoms with Crippen molar-refractivity contribution in [2.24, 2.45) is 0 Å². The predicted octanol–water partition coefficient (Wildman–Crippen LogP) is 3.84. The highest BCUT2D eigenvalue weighted by Gasteiger charge is 2.20. The van der Waals surface area contributed by atoms with Crippen molar-refractivity contribution >= 4 is 39.9 Å². The number of nitrogens with zero attached hydrogens (tertiary/aromatic N) is 3. The first-order valence-corrected chi connectivity index (χ1v) is 9.21. The molecule has 0 saturated heterocycles. The molecule has 0 aliphatic rings. The van der Waals surface area contributed by atoms with E-state index in [1.807, 2.05) is 0 Å². The highest BCUT2D eigenvalue weighted by molar-refractivity contribution is 7.18. The van der Waals surface area contributed by atoms with E-state index >= 15 is 0 Å². The van der Waals surface area contributed by atoms with Crippen LogP contribution in [0.25, 0.3) is 10.6 Å². The monoisotopic (exact) mass is 402 g/mol. The van der Waals surface area contributed by atoms with Crippen molar-refractivity contribution < 1.29 is 14.7 Å². The zero-order chi connectivity index (χ0) is 19.2. The number of carboxylic acids is 1. The minimum Gasteiger partial charge on any atom is -0.481 e. The molecule has 0 aliphatic heterocycles. The Morgan fingerprint density at radius 3 is 2.44 bits per heavy atom. The van der Waals surface area contributed by atoms with Gasteiger partial charge in [-0.3, -0.25) is 14.6 Å². The Morgan fingerprint density at radius 2 is 1.78 bits per heavy atom. The molecule has 1 atom stereocenters. The first kappa shape index (κ1) is 18.9. The van der Waals surface area contributed by atoms with Crippen LogP contribution in [0.2, 0.25) is 5.02 Å². The number of aromatic nitrogens is 3. The fourth-order valence-electron chi connectivity index (χ4n) is 2.53. The van der Waals surface area contributed by atoms with E-state index in [0.717, 1.165) is 11.1 Å². The number of carboxylic acid groups (broad SMARTS) is 1. The van der Waals surface area contributed by atoms with Crippen molar-refractivity contribution in [1.82, 2.24) is 15.2 Å². The van der Waals surface area contributed by atoms with Crippen molar-refractivity contribution in [2.45, 2.75) is 18.8 Å². The summed E-state index contributed by atoms with van der Waals surface area (Å²) < 4.78 is 0. The Balaban J connectivity index is 1.68. The van der Waals surface area contributed by atoms with E-state index in [0.29, 0.717) is 15.2 Å². The topological polar surface area (TPSA) is 105 Å². The molecule has 7 nitrogen and oxygen atoms in total. The quantitative estimate of drug-likeness (QED) is 0.622. The largest absolute Gasteiger partial charge is 0.481 e. The predicted molar refractivity (Wildman–Crippen MR) is 103 cm³/mol. The van der Waals surface area contributed by atoms with Gasteiger partial charge < -0.3 is 10.4 Å².